The number of benzene rings is 1. The van der Waals surface area contributed by atoms with Crippen molar-refractivity contribution in [2.24, 2.45) is 0 Å². The Morgan fingerprint density at radius 1 is 1.20 bits per heavy atom. The smallest absolute Gasteiger partial charge is 0.232 e. The SMILES string of the molecule is CCN1CCN(C(=O)CSCc2ccc(F)cc2)CC1. The van der Waals surface area contributed by atoms with Gasteiger partial charge in [0.15, 0.2) is 0 Å². The van der Waals surface area contributed by atoms with Gasteiger partial charge in [-0.15, -0.1) is 11.8 Å². The van der Waals surface area contributed by atoms with Crippen molar-refractivity contribution in [2.45, 2.75) is 12.7 Å². The maximum absolute atomic E-state index is 12.8. The summed E-state index contributed by atoms with van der Waals surface area (Å²) >= 11 is 1.59. The van der Waals surface area contributed by atoms with Crippen LogP contribution < -0.4 is 0 Å². The summed E-state index contributed by atoms with van der Waals surface area (Å²) in [5.41, 5.74) is 1.06. The molecule has 0 saturated carbocycles. The molecule has 1 fully saturated rings. The number of hydrogen-bond acceptors (Lipinski definition) is 3. The molecule has 0 radical (unpaired) electrons. The van der Waals surface area contributed by atoms with Crippen molar-refractivity contribution in [3.63, 3.8) is 0 Å². The summed E-state index contributed by atoms with van der Waals surface area (Å²) in [7, 11) is 0. The standard InChI is InChI=1S/C15H21FN2OS/c1-2-17-7-9-18(10-8-17)15(19)12-20-11-13-3-5-14(16)6-4-13/h3-6H,2,7-12H2,1H3. The summed E-state index contributed by atoms with van der Waals surface area (Å²) in [6.07, 6.45) is 0. The topological polar surface area (TPSA) is 23.6 Å². The Balaban J connectivity index is 1.69. The lowest BCUT2D eigenvalue weighted by molar-refractivity contribution is -0.130. The molecule has 1 aliphatic rings. The average molecular weight is 296 g/mol. The first-order chi connectivity index (χ1) is 9.69. The third kappa shape index (κ3) is 4.49. The van der Waals surface area contributed by atoms with Crippen LogP contribution in [0.25, 0.3) is 0 Å². The number of halogens is 1. The van der Waals surface area contributed by atoms with Gasteiger partial charge in [0.25, 0.3) is 0 Å². The summed E-state index contributed by atoms with van der Waals surface area (Å²) in [4.78, 5) is 16.4. The summed E-state index contributed by atoms with van der Waals surface area (Å²) in [5, 5.41) is 0. The molecular weight excluding hydrogens is 275 g/mol. The highest BCUT2D eigenvalue weighted by Crippen LogP contribution is 2.14. The van der Waals surface area contributed by atoms with Crippen LogP contribution in [-0.2, 0) is 10.5 Å². The minimum atomic E-state index is -0.219. The molecule has 3 nitrogen and oxygen atoms in total. The van der Waals surface area contributed by atoms with Gasteiger partial charge in [-0.3, -0.25) is 4.79 Å². The van der Waals surface area contributed by atoms with Crippen LogP contribution in [0.3, 0.4) is 0 Å². The molecular formula is C15H21FN2OS. The highest BCUT2D eigenvalue weighted by Gasteiger charge is 2.19. The maximum atomic E-state index is 12.8. The van der Waals surface area contributed by atoms with Crippen molar-refractivity contribution < 1.29 is 9.18 Å². The van der Waals surface area contributed by atoms with E-state index in [1.165, 1.54) is 12.1 Å². The number of carbonyl (C=O) groups is 1. The van der Waals surface area contributed by atoms with Crippen LogP contribution in [0.15, 0.2) is 24.3 Å². The first-order valence-electron chi connectivity index (χ1n) is 7.01. The second kappa shape index (κ2) is 7.64. The van der Waals surface area contributed by atoms with Gasteiger partial charge >= 0.3 is 0 Å². The predicted molar refractivity (Wildman–Crippen MR) is 81.3 cm³/mol. The van der Waals surface area contributed by atoms with E-state index in [-0.39, 0.29) is 11.7 Å². The number of nitrogens with zero attached hydrogens (tertiary/aromatic N) is 2. The zero-order valence-electron chi connectivity index (χ0n) is 11.8. The van der Waals surface area contributed by atoms with Crippen LogP contribution in [0.5, 0.6) is 0 Å². The van der Waals surface area contributed by atoms with E-state index >= 15 is 0 Å². The summed E-state index contributed by atoms with van der Waals surface area (Å²) < 4.78 is 12.8. The van der Waals surface area contributed by atoms with Crippen LogP contribution in [0, 0.1) is 5.82 Å². The van der Waals surface area contributed by atoms with E-state index in [1.807, 2.05) is 4.90 Å². The number of piperazine rings is 1. The molecule has 1 aliphatic heterocycles. The number of hydrogen-bond donors (Lipinski definition) is 0. The Bertz CT molecular complexity index is 430. The Labute approximate surface area is 124 Å². The Kier molecular flexibility index (Phi) is 5.86. The predicted octanol–water partition coefficient (Wildman–Crippen LogP) is 2.22. The van der Waals surface area contributed by atoms with Gasteiger partial charge in [-0.1, -0.05) is 19.1 Å². The molecule has 5 heteroatoms. The first kappa shape index (κ1) is 15.3. The minimum Gasteiger partial charge on any atom is -0.339 e. The maximum Gasteiger partial charge on any atom is 0.232 e. The fourth-order valence-corrected chi connectivity index (χ4v) is 3.13. The fourth-order valence-electron chi connectivity index (χ4n) is 2.24. The van der Waals surface area contributed by atoms with Crippen molar-refractivity contribution >= 4 is 17.7 Å². The lowest BCUT2D eigenvalue weighted by Crippen LogP contribution is -2.49. The average Bonchev–Trinajstić information content (AvgIpc) is 2.49. The molecule has 0 aromatic heterocycles. The molecule has 1 aromatic carbocycles. The van der Waals surface area contributed by atoms with E-state index in [9.17, 15) is 9.18 Å². The molecule has 110 valence electrons. The van der Waals surface area contributed by atoms with Gasteiger partial charge in [0.2, 0.25) is 5.91 Å². The third-order valence-corrected chi connectivity index (χ3v) is 4.57. The van der Waals surface area contributed by atoms with E-state index in [4.69, 9.17) is 0 Å². The largest absolute Gasteiger partial charge is 0.339 e. The molecule has 1 amide bonds. The molecule has 0 unspecified atom stereocenters. The molecule has 1 saturated heterocycles. The molecule has 0 spiro atoms. The highest BCUT2D eigenvalue weighted by atomic mass is 32.2. The number of rotatable bonds is 5. The van der Waals surface area contributed by atoms with Gasteiger partial charge in [-0.05, 0) is 24.2 Å². The lowest BCUT2D eigenvalue weighted by Gasteiger charge is -2.34. The van der Waals surface area contributed by atoms with Crippen molar-refractivity contribution in [3.05, 3.63) is 35.6 Å². The lowest BCUT2D eigenvalue weighted by atomic mass is 10.2. The monoisotopic (exact) mass is 296 g/mol. The van der Waals surface area contributed by atoms with E-state index in [2.05, 4.69) is 11.8 Å². The molecule has 1 heterocycles. The Morgan fingerprint density at radius 2 is 1.85 bits per heavy atom. The fraction of sp³-hybridized carbons (Fsp3) is 0.533. The molecule has 1 aromatic rings. The second-order valence-corrected chi connectivity index (χ2v) is 5.92. The molecule has 0 aliphatic carbocycles. The molecule has 0 atom stereocenters. The van der Waals surface area contributed by atoms with E-state index < -0.39 is 0 Å². The third-order valence-electron chi connectivity index (χ3n) is 3.58. The molecule has 20 heavy (non-hydrogen) atoms. The van der Waals surface area contributed by atoms with Gasteiger partial charge < -0.3 is 9.80 Å². The van der Waals surface area contributed by atoms with Crippen LogP contribution in [0.4, 0.5) is 4.39 Å². The number of thioether (sulfide) groups is 1. The molecule has 2 rings (SSSR count). The van der Waals surface area contributed by atoms with Gasteiger partial charge in [-0.25, -0.2) is 4.39 Å². The Morgan fingerprint density at radius 3 is 2.45 bits per heavy atom. The van der Waals surface area contributed by atoms with Crippen LogP contribution in [0.2, 0.25) is 0 Å². The zero-order valence-corrected chi connectivity index (χ0v) is 12.7. The van der Waals surface area contributed by atoms with Crippen molar-refractivity contribution in [1.82, 2.24) is 9.80 Å². The Hall–Kier alpha value is -1.07. The molecule has 0 bridgehead atoms. The van der Waals surface area contributed by atoms with Gasteiger partial charge in [0.1, 0.15) is 5.82 Å². The van der Waals surface area contributed by atoms with Crippen molar-refractivity contribution in [2.75, 3.05) is 38.5 Å². The van der Waals surface area contributed by atoms with Crippen molar-refractivity contribution in [3.8, 4) is 0 Å². The highest BCUT2D eigenvalue weighted by molar-refractivity contribution is 7.99. The van der Waals surface area contributed by atoms with Crippen LogP contribution >= 0.6 is 11.8 Å². The zero-order chi connectivity index (χ0) is 14.4. The van der Waals surface area contributed by atoms with Gasteiger partial charge in [-0.2, -0.15) is 0 Å². The first-order valence-corrected chi connectivity index (χ1v) is 8.17. The number of amides is 1. The van der Waals surface area contributed by atoms with Crippen molar-refractivity contribution in [1.29, 1.82) is 0 Å². The quantitative estimate of drug-likeness (QED) is 0.832. The van der Waals surface area contributed by atoms with E-state index in [1.54, 1.807) is 23.9 Å². The normalized spacial score (nSPS) is 16.4. The van der Waals surface area contributed by atoms with Gasteiger partial charge in [0.05, 0.1) is 5.75 Å². The minimum absolute atomic E-state index is 0.216. The van der Waals surface area contributed by atoms with Gasteiger partial charge in [0, 0.05) is 31.9 Å². The summed E-state index contributed by atoms with van der Waals surface area (Å²) in [6.45, 7) is 6.83. The summed E-state index contributed by atoms with van der Waals surface area (Å²) in [6, 6.07) is 6.46. The number of likely N-dealkylation sites (N-methyl/N-ethyl adjacent to an activating group) is 1. The summed E-state index contributed by atoms with van der Waals surface area (Å²) in [5.74, 6) is 1.25. The second-order valence-electron chi connectivity index (χ2n) is 4.93. The number of carbonyl (C=O) groups excluding carboxylic acids is 1. The van der Waals surface area contributed by atoms with Crippen LogP contribution in [-0.4, -0.2) is 54.2 Å². The van der Waals surface area contributed by atoms with E-state index in [0.29, 0.717) is 5.75 Å². The van der Waals surface area contributed by atoms with E-state index in [0.717, 1.165) is 44.0 Å². The van der Waals surface area contributed by atoms with Crippen LogP contribution in [0.1, 0.15) is 12.5 Å². The molecule has 0 N–H and O–H groups in total.